The second-order valence-electron chi connectivity index (χ2n) is 4.79. The van der Waals surface area contributed by atoms with Crippen molar-refractivity contribution in [2.24, 2.45) is 17.8 Å². The van der Waals surface area contributed by atoms with Crippen molar-refractivity contribution >= 4 is 15.9 Å². The highest BCUT2D eigenvalue weighted by atomic mass is 79.9. The van der Waals surface area contributed by atoms with Crippen molar-refractivity contribution in [3.63, 3.8) is 0 Å². The molecule has 2 bridgehead atoms. The molecular weight excluding hydrogens is 311 g/mol. The van der Waals surface area contributed by atoms with Crippen LogP contribution in [0, 0.1) is 17.8 Å². The fraction of sp³-hybridized carbons (Fsp3) is 0.800. The second-order valence-corrected chi connectivity index (χ2v) is 5.78. The molecule has 3 aliphatic rings. The highest BCUT2D eigenvalue weighted by Crippen LogP contribution is 2.68. The summed E-state index contributed by atoms with van der Waals surface area (Å²) in [5.74, 6) is -1.77. The molecule has 1 unspecified atom stereocenters. The van der Waals surface area contributed by atoms with Gasteiger partial charge in [0.15, 0.2) is 0 Å². The van der Waals surface area contributed by atoms with Gasteiger partial charge in [-0.15, -0.1) is 0 Å². The molecule has 1 heterocycles. The van der Waals surface area contributed by atoms with Crippen molar-refractivity contribution in [2.45, 2.75) is 29.1 Å². The zero-order valence-corrected chi connectivity index (χ0v) is 9.93. The predicted octanol–water partition coefficient (Wildman–Crippen LogP) is 3.50. The minimum absolute atomic E-state index is 0.143. The van der Waals surface area contributed by atoms with E-state index in [1.54, 1.807) is 12.2 Å². The van der Waals surface area contributed by atoms with Crippen molar-refractivity contribution in [3.05, 3.63) is 12.2 Å². The number of fused-ring (bicyclic) bond motifs is 5. The summed E-state index contributed by atoms with van der Waals surface area (Å²) >= 11 is 1.85. The molecule has 17 heavy (non-hydrogen) atoms. The van der Waals surface area contributed by atoms with Crippen LogP contribution in [0.2, 0.25) is 0 Å². The number of halogens is 6. The van der Waals surface area contributed by atoms with Crippen LogP contribution < -0.4 is 0 Å². The zero-order chi connectivity index (χ0) is 12.6. The Labute approximate surface area is 102 Å². The van der Waals surface area contributed by atoms with Gasteiger partial charge in [0.2, 0.25) is 5.60 Å². The Hall–Kier alpha value is -0.170. The van der Waals surface area contributed by atoms with Crippen LogP contribution in [0.1, 0.15) is 6.42 Å². The zero-order valence-electron chi connectivity index (χ0n) is 8.35. The van der Waals surface area contributed by atoms with Crippen LogP contribution in [-0.2, 0) is 4.74 Å². The lowest BCUT2D eigenvalue weighted by Crippen LogP contribution is -2.75. The van der Waals surface area contributed by atoms with E-state index in [9.17, 15) is 22.0 Å². The Kier molecular flexibility index (Phi) is 2.13. The van der Waals surface area contributed by atoms with Gasteiger partial charge in [0.1, 0.15) is 0 Å². The van der Waals surface area contributed by atoms with E-state index in [0.717, 1.165) is 0 Å². The topological polar surface area (TPSA) is 9.23 Å². The van der Waals surface area contributed by atoms with Gasteiger partial charge < -0.3 is 4.74 Å². The maximum absolute atomic E-state index is 13.3. The number of ether oxygens (including phenoxy) is 1. The monoisotopic (exact) mass is 318 g/mol. The lowest BCUT2D eigenvalue weighted by atomic mass is 9.70. The summed E-state index contributed by atoms with van der Waals surface area (Å²) in [5, 5.41) is 0. The van der Waals surface area contributed by atoms with E-state index in [-0.39, 0.29) is 5.92 Å². The Balaban J connectivity index is 2.03. The van der Waals surface area contributed by atoms with Crippen molar-refractivity contribution in [1.29, 1.82) is 0 Å². The van der Waals surface area contributed by atoms with Crippen molar-refractivity contribution in [3.8, 4) is 0 Å². The Morgan fingerprint density at radius 1 is 1.12 bits per heavy atom. The van der Waals surface area contributed by atoms with E-state index >= 15 is 0 Å². The van der Waals surface area contributed by atoms with E-state index in [1.807, 2.05) is 15.9 Å². The molecule has 0 radical (unpaired) electrons. The lowest BCUT2D eigenvalue weighted by molar-refractivity contribution is -0.422. The third-order valence-electron chi connectivity index (χ3n) is 4.02. The highest BCUT2D eigenvalue weighted by molar-refractivity contribution is 9.10. The minimum Gasteiger partial charge on any atom is -0.355 e. The average molecular weight is 319 g/mol. The van der Waals surface area contributed by atoms with Crippen LogP contribution in [0.15, 0.2) is 12.2 Å². The fourth-order valence-electron chi connectivity index (χ4n) is 3.36. The Morgan fingerprint density at radius 2 is 1.71 bits per heavy atom. The number of rotatable bonds is 1. The largest absolute Gasteiger partial charge is 0.424 e. The van der Waals surface area contributed by atoms with E-state index in [1.165, 1.54) is 0 Å². The first-order valence-corrected chi connectivity index (χ1v) is 5.97. The van der Waals surface area contributed by atoms with Gasteiger partial charge in [-0.1, -0.05) is 12.2 Å². The van der Waals surface area contributed by atoms with Crippen molar-refractivity contribution in [1.82, 2.24) is 0 Å². The second kappa shape index (κ2) is 3.04. The van der Waals surface area contributed by atoms with E-state index < -0.39 is 34.5 Å². The number of hydrogen-bond acceptors (Lipinski definition) is 1. The first kappa shape index (κ1) is 11.9. The van der Waals surface area contributed by atoms with Crippen LogP contribution in [0.5, 0.6) is 0 Å². The summed E-state index contributed by atoms with van der Waals surface area (Å²) in [4.78, 5) is -4.10. The summed E-state index contributed by atoms with van der Waals surface area (Å²) in [6.45, 7) is 0. The van der Waals surface area contributed by atoms with Gasteiger partial charge in [-0.05, 0) is 28.3 Å². The molecular formula is C10H8BrF5O. The molecule has 1 saturated carbocycles. The van der Waals surface area contributed by atoms with Crippen LogP contribution in [-0.4, -0.2) is 22.7 Å². The third-order valence-corrected chi connectivity index (χ3v) is 4.61. The van der Waals surface area contributed by atoms with Crippen LogP contribution in [0.3, 0.4) is 0 Å². The molecule has 5 atom stereocenters. The quantitative estimate of drug-likeness (QED) is 0.408. The molecule has 0 N–H and O–H groups in total. The van der Waals surface area contributed by atoms with E-state index in [2.05, 4.69) is 4.74 Å². The molecule has 0 amide bonds. The van der Waals surface area contributed by atoms with Gasteiger partial charge in [0.25, 0.3) is 0 Å². The third kappa shape index (κ3) is 1.22. The fourth-order valence-corrected chi connectivity index (χ4v) is 3.95. The molecule has 1 aliphatic heterocycles. The van der Waals surface area contributed by atoms with E-state index in [4.69, 9.17) is 0 Å². The normalized spacial score (nSPS) is 48.1. The summed E-state index contributed by atoms with van der Waals surface area (Å²) in [5.41, 5.74) is -3.37. The van der Waals surface area contributed by atoms with Gasteiger partial charge in [-0.3, -0.25) is 0 Å². The predicted molar refractivity (Wildman–Crippen MR) is 51.8 cm³/mol. The Morgan fingerprint density at radius 3 is 2.18 bits per heavy atom. The van der Waals surface area contributed by atoms with Gasteiger partial charge >= 0.3 is 11.0 Å². The molecule has 7 heteroatoms. The van der Waals surface area contributed by atoms with Gasteiger partial charge in [0.05, 0.1) is 6.10 Å². The molecule has 1 saturated heterocycles. The summed E-state index contributed by atoms with van der Waals surface area (Å²) in [6, 6.07) is 0. The smallest absolute Gasteiger partial charge is 0.355 e. The van der Waals surface area contributed by atoms with Gasteiger partial charge in [0, 0.05) is 11.8 Å². The highest BCUT2D eigenvalue weighted by Gasteiger charge is 2.84. The van der Waals surface area contributed by atoms with Crippen molar-refractivity contribution < 1.29 is 26.7 Å². The number of allylic oxidation sites excluding steroid dienone is 1. The number of hydrogen-bond donors (Lipinski definition) is 0. The lowest BCUT2D eigenvalue weighted by Gasteiger charge is -2.57. The maximum Gasteiger partial charge on any atom is 0.424 e. The SMILES string of the molecule is FC(F)(F)C1(C(F)(F)Br)O[C@@H]2[C@H]1[C@H]1C=C[C@@H]2C1. The molecule has 0 aromatic heterocycles. The molecule has 1 nitrogen and oxygen atoms in total. The minimum atomic E-state index is -5.08. The molecule has 0 aromatic carbocycles. The van der Waals surface area contributed by atoms with E-state index in [0.29, 0.717) is 6.42 Å². The Bertz CT molecular complexity index is 371. The average Bonchev–Trinajstić information content (AvgIpc) is 2.53. The first-order valence-electron chi connectivity index (χ1n) is 5.18. The van der Waals surface area contributed by atoms with Crippen molar-refractivity contribution in [2.75, 3.05) is 0 Å². The molecule has 0 spiro atoms. The van der Waals surface area contributed by atoms with Crippen LogP contribution in [0.4, 0.5) is 22.0 Å². The van der Waals surface area contributed by atoms with Crippen LogP contribution in [0.25, 0.3) is 0 Å². The van der Waals surface area contributed by atoms with Gasteiger partial charge in [-0.2, -0.15) is 22.0 Å². The molecule has 2 aliphatic carbocycles. The summed E-state index contributed by atoms with van der Waals surface area (Å²) < 4.78 is 70.2. The number of alkyl halides is 6. The molecule has 2 fully saturated rings. The molecule has 96 valence electrons. The maximum atomic E-state index is 13.3. The molecule has 0 aromatic rings. The first-order chi connectivity index (χ1) is 7.68. The summed E-state index contributed by atoms with van der Waals surface area (Å²) in [6.07, 6.45) is -1.95. The summed E-state index contributed by atoms with van der Waals surface area (Å²) in [7, 11) is 0. The molecule has 3 rings (SSSR count). The van der Waals surface area contributed by atoms with Gasteiger partial charge in [-0.25, -0.2) is 0 Å². The standard InChI is InChI=1S/C10H8BrF5O/c11-9(12,13)8(10(14,15)16)6-4-1-2-5(3-4)7(6)17-8/h1-2,4-7H,3H2/t4-,5+,6+,7-,8?/m0/s1. The van der Waals surface area contributed by atoms with Crippen LogP contribution >= 0.6 is 15.9 Å².